The van der Waals surface area contributed by atoms with Crippen LogP contribution in [0.5, 0.6) is 0 Å². The predicted octanol–water partition coefficient (Wildman–Crippen LogP) is -1.11. The second-order valence-electron chi connectivity index (χ2n) is 17.9. The number of carbonyl (C=O) groups is 8. The number of nitrogens with zero attached hydrogens (tertiary/aromatic N) is 1. The fraction of sp³-hybridized carbons (Fsp3) is 0.826. The quantitative estimate of drug-likeness (QED) is 0.0270. The maximum atomic E-state index is 13.3. The maximum absolute atomic E-state index is 13.3. The van der Waals surface area contributed by atoms with E-state index in [0.717, 1.165) is 0 Å². The van der Waals surface area contributed by atoms with Crippen LogP contribution in [0, 0.1) is 0 Å². The summed E-state index contributed by atoms with van der Waals surface area (Å²) in [4.78, 5) is 103. The minimum absolute atomic E-state index is 0.00653. The summed E-state index contributed by atoms with van der Waals surface area (Å²) in [6.07, 6.45) is -1.87. The number of hydrogen-bond acceptors (Lipinski definition) is 18. The molecule has 3 saturated heterocycles. The van der Waals surface area contributed by atoms with Gasteiger partial charge in [-0.1, -0.05) is 19.3 Å². The molecule has 24 heteroatoms. The van der Waals surface area contributed by atoms with Gasteiger partial charge >= 0.3 is 5.97 Å². The minimum Gasteiger partial charge on any atom is -0.390 e. The van der Waals surface area contributed by atoms with E-state index in [-0.39, 0.29) is 107 Å². The highest BCUT2D eigenvalue weighted by Gasteiger charge is 2.42. The van der Waals surface area contributed by atoms with Crippen LogP contribution in [0.2, 0.25) is 0 Å². The molecule has 0 aromatic rings. The molecule has 70 heavy (non-hydrogen) atoms. The third kappa shape index (κ3) is 23.2. The first-order chi connectivity index (χ1) is 33.5. The third-order valence-electron chi connectivity index (χ3n) is 12.0. The van der Waals surface area contributed by atoms with Gasteiger partial charge in [0.25, 0.3) is 11.8 Å². The first-order valence-electron chi connectivity index (χ1n) is 24.8. The standard InChI is InChI=1S/C46H78N6O18/c1-29-32(53)28-33(54)45(68-29)66-26-24-48-36(57)17-10-9-16-34(55)47-22-13-11-14-31(51-37(58)18-6-3-4-8-19-40(61)70-52-38(59)20-21-39(52)60)44(65)50-23-12-5-7-15-35(56)49-25-27-67-46-43(64)42(63)41(62)30(2)69-46/h29-33,41-43,45-46,53-54,62-64H,3-28H2,1-2H3,(H,47,55)(H,48,57)(H,49,56)(H,50,65)(H,51,58)/t29-,30-,31-,32-,33-,41+,42+,43-,45+,46+/m0/s1. The molecule has 24 nitrogen and oxygen atoms in total. The average molecular weight is 1000 g/mol. The van der Waals surface area contributed by atoms with Crippen LogP contribution in [-0.2, 0) is 62.1 Å². The van der Waals surface area contributed by atoms with Crippen LogP contribution in [0.25, 0.3) is 0 Å². The van der Waals surface area contributed by atoms with E-state index >= 15 is 0 Å². The molecule has 0 aromatic heterocycles. The number of imide groups is 1. The number of aliphatic hydroxyl groups excluding tert-OH is 5. The summed E-state index contributed by atoms with van der Waals surface area (Å²) in [6, 6.07) is -0.832. The van der Waals surface area contributed by atoms with Crippen LogP contribution < -0.4 is 26.6 Å². The maximum Gasteiger partial charge on any atom is 0.333 e. The molecule has 0 spiro atoms. The highest BCUT2D eigenvalue weighted by Crippen LogP contribution is 2.22. The molecule has 10 atom stereocenters. The summed E-state index contributed by atoms with van der Waals surface area (Å²) in [7, 11) is 0. The van der Waals surface area contributed by atoms with Crippen LogP contribution in [0.4, 0.5) is 0 Å². The van der Waals surface area contributed by atoms with Crippen molar-refractivity contribution in [3.63, 3.8) is 0 Å². The van der Waals surface area contributed by atoms with Crippen molar-refractivity contribution >= 4 is 47.3 Å². The summed E-state index contributed by atoms with van der Waals surface area (Å²) in [5.74, 6) is -3.07. The predicted molar refractivity (Wildman–Crippen MR) is 245 cm³/mol. The summed E-state index contributed by atoms with van der Waals surface area (Å²) in [5.41, 5.74) is 0. The molecular weight excluding hydrogens is 925 g/mol. The van der Waals surface area contributed by atoms with Gasteiger partial charge in [0.2, 0.25) is 29.5 Å². The van der Waals surface area contributed by atoms with Crippen molar-refractivity contribution in [2.75, 3.05) is 39.4 Å². The third-order valence-corrected chi connectivity index (χ3v) is 12.0. The van der Waals surface area contributed by atoms with Crippen molar-refractivity contribution in [3.05, 3.63) is 0 Å². The molecule has 3 rings (SSSR count). The Bertz CT molecular complexity index is 1640. The number of ether oxygens (including phenoxy) is 4. The van der Waals surface area contributed by atoms with Gasteiger partial charge in [0, 0.05) is 77.5 Å². The van der Waals surface area contributed by atoms with Gasteiger partial charge < -0.3 is 75.9 Å². The lowest BCUT2D eigenvalue weighted by molar-refractivity contribution is -0.292. The van der Waals surface area contributed by atoms with Gasteiger partial charge in [-0.15, -0.1) is 5.06 Å². The van der Waals surface area contributed by atoms with E-state index in [4.69, 9.17) is 23.8 Å². The molecule has 10 N–H and O–H groups in total. The Labute approximate surface area is 408 Å². The average Bonchev–Trinajstić information content (AvgIpc) is 3.64. The molecule has 3 aliphatic rings. The van der Waals surface area contributed by atoms with Gasteiger partial charge in [-0.2, -0.15) is 0 Å². The van der Waals surface area contributed by atoms with E-state index in [1.54, 1.807) is 6.92 Å². The molecular formula is C46H78N6O18. The van der Waals surface area contributed by atoms with Crippen LogP contribution in [0.15, 0.2) is 0 Å². The largest absolute Gasteiger partial charge is 0.390 e. The lowest BCUT2D eigenvalue weighted by atomic mass is 10.0. The van der Waals surface area contributed by atoms with Crippen molar-refractivity contribution in [3.8, 4) is 0 Å². The molecule has 0 bridgehead atoms. The fourth-order valence-electron chi connectivity index (χ4n) is 7.68. The molecule has 3 fully saturated rings. The van der Waals surface area contributed by atoms with E-state index in [9.17, 15) is 63.9 Å². The number of amides is 7. The van der Waals surface area contributed by atoms with Crippen molar-refractivity contribution in [1.29, 1.82) is 0 Å². The zero-order valence-electron chi connectivity index (χ0n) is 40.6. The van der Waals surface area contributed by atoms with Crippen LogP contribution in [0.1, 0.15) is 142 Å². The lowest BCUT2D eigenvalue weighted by Gasteiger charge is -2.38. The number of rotatable bonds is 34. The first kappa shape index (κ1) is 59.9. The van der Waals surface area contributed by atoms with Crippen LogP contribution >= 0.6 is 0 Å². The van der Waals surface area contributed by atoms with Gasteiger partial charge in [-0.05, 0) is 71.6 Å². The number of hydrogen-bond donors (Lipinski definition) is 10. The summed E-state index contributed by atoms with van der Waals surface area (Å²) < 4.78 is 21.7. The van der Waals surface area contributed by atoms with Gasteiger partial charge in [0.1, 0.15) is 30.5 Å². The van der Waals surface area contributed by atoms with Crippen molar-refractivity contribution < 1.29 is 87.7 Å². The van der Waals surface area contributed by atoms with E-state index in [1.165, 1.54) is 6.92 Å². The molecule has 0 saturated carbocycles. The molecule has 3 aliphatic heterocycles. The second kappa shape index (κ2) is 33.3. The zero-order chi connectivity index (χ0) is 51.4. The molecule has 3 heterocycles. The molecule has 0 aliphatic carbocycles. The van der Waals surface area contributed by atoms with Gasteiger partial charge in [-0.3, -0.25) is 33.6 Å². The number of carbonyl (C=O) groups excluding carboxylic acids is 8. The molecule has 7 amide bonds. The lowest BCUT2D eigenvalue weighted by Crippen LogP contribution is -2.57. The van der Waals surface area contributed by atoms with Crippen molar-refractivity contribution in [2.24, 2.45) is 0 Å². The van der Waals surface area contributed by atoms with E-state index in [1.807, 2.05) is 0 Å². The van der Waals surface area contributed by atoms with Gasteiger partial charge in [0.15, 0.2) is 12.6 Å². The Morgan fingerprint density at radius 3 is 1.66 bits per heavy atom. The van der Waals surface area contributed by atoms with Gasteiger partial charge in [0.05, 0.1) is 31.5 Å². The zero-order valence-corrected chi connectivity index (χ0v) is 40.6. The number of nitrogens with one attached hydrogen (secondary N) is 5. The van der Waals surface area contributed by atoms with Crippen molar-refractivity contribution in [2.45, 2.75) is 204 Å². The topological polar surface area (TPSA) is 347 Å². The number of hydroxylamine groups is 2. The molecule has 0 aromatic carbocycles. The highest BCUT2D eigenvalue weighted by molar-refractivity contribution is 6.01. The highest BCUT2D eigenvalue weighted by atomic mass is 16.7. The molecule has 400 valence electrons. The number of unbranched alkanes of at least 4 members (excludes halogenated alkanes) is 7. The van der Waals surface area contributed by atoms with E-state index in [0.29, 0.717) is 95.2 Å². The summed E-state index contributed by atoms with van der Waals surface area (Å²) >= 11 is 0. The second-order valence-corrected chi connectivity index (χ2v) is 17.9. The molecule has 0 radical (unpaired) electrons. The first-order valence-corrected chi connectivity index (χ1v) is 24.8. The smallest absolute Gasteiger partial charge is 0.333 e. The Morgan fingerprint density at radius 1 is 0.557 bits per heavy atom. The Morgan fingerprint density at radius 2 is 1.04 bits per heavy atom. The van der Waals surface area contributed by atoms with E-state index < -0.39 is 79.1 Å². The Kier molecular flexibility index (Phi) is 28.5. The van der Waals surface area contributed by atoms with E-state index in [2.05, 4.69) is 26.6 Å². The Hall–Kier alpha value is -4.40. The SMILES string of the molecule is C[C@@H]1O[C@@H](OCCNC(=O)CCCCCNC(=O)[C@H](CCCCNC(=O)CCCCC(=O)NCCO[C@@H]2O[C@@H](C)[C@@H](O)C[C@@H]2O)NC(=O)CCCCCCC(=O)ON2C(=O)CCC2=O)[C@@H](O)[C@H](O)[C@@H]1O. The Balaban J connectivity index is 1.29. The minimum atomic E-state index is -1.44. The monoisotopic (exact) mass is 1000 g/mol. The summed E-state index contributed by atoms with van der Waals surface area (Å²) in [5, 5.41) is 64.0. The molecule has 0 unspecified atom stereocenters. The summed E-state index contributed by atoms with van der Waals surface area (Å²) in [6.45, 7) is 4.36. The van der Waals surface area contributed by atoms with Crippen LogP contribution in [0.3, 0.4) is 0 Å². The number of aliphatic hydroxyl groups is 5. The fourth-order valence-corrected chi connectivity index (χ4v) is 7.68. The normalized spacial score (nSPS) is 25.0. The van der Waals surface area contributed by atoms with Crippen molar-refractivity contribution in [1.82, 2.24) is 31.6 Å². The van der Waals surface area contributed by atoms with Gasteiger partial charge in [-0.25, -0.2) is 4.79 Å². The van der Waals surface area contributed by atoms with Crippen LogP contribution in [-0.4, -0.2) is 179 Å².